The van der Waals surface area contributed by atoms with Gasteiger partial charge in [0.1, 0.15) is 0 Å². The SMILES string of the molecule is Cn1nccc1CCN(CCC(=O)O)c1ccccc1. The topological polar surface area (TPSA) is 58.4 Å². The van der Waals surface area contributed by atoms with Crippen LogP contribution in [0.2, 0.25) is 0 Å². The first-order valence-electron chi connectivity index (χ1n) is 6.65. The number of carboxylic acid groups (broad SMARTS) is 1. The molecule has 0 atom stereocenters. The van der Waals surface area contributed by atoms with E-state index in [0.717, 1.165) is 24.3 Å². The fourth-order valence-electron chi connectivity index (χ4n) is 2.14. The number of aryl methyl sites for hydroxylation is 1. The Labute approximate surface area is 118 Å². The number of nitrogens with zero attached hydrogens (tertiary/aromatic N) is 3. The van der Waals surface area contributed by atoms with Crippen LogP contribution in [-0.2, 0) is 18.3 Å². The quantitative estimate of drug-likeness (QED) is 0.837. The van der Waals surface area contributed by atoms with Gasteiger partial charge in [0, 0.05) is 44.1 Å². The van der Waals surface area contributed by atoms with E-state index in [9.17, 15) is 4.79 Å². The van der Waals surface area contributed by atoms with Crippen molar-refractivity contribution in [1.29, 1.82) is 0 Å². The first-order valence-corrected chi connectivity index (χ1v) is 6.65. The van der Waals surface area contributed by atoms with E-state index >= 15 is 0 Å². The van der Waals surface area contributed by atoms with Crippen molar-refractivity contribution >= 4 is 11.7 Å². The molecule has 0 fully saturated rings. The summed E-state index contributed by atoms with van der Waals surface area (Å²) in [6, 6.07) is 11.9. The number of rotatable bonds is 7. The van der Waals surface area contributed by atoms with Gasteiger partial charge >= 0.3 is 5.97 Å². The lowest BCUT2D eigenvalue weighted by atomic mass is 10.2. The summed E-state index contributed by atoms with van der Waals surface area (Å²) in [6.07, 6.45) is 2.75. The van der Waals surface area contributed by atoms with E-state index in [1.807, 2.05) is 48.1 Å². The highest BCUT2D eigenvalue weighted by atomic mass is 16.4. The van der Waals surface area contributed by atoms with Gasteiger partial charge < -0.3 is 10.0 Å². The summed E-state index contributed by atoms with van der Waals surface area (Å²) in [7, 11) is 1.92. The van der Waals surface area contributed by atoms with E-state index in [1.54, 1.807) is 6.20 Å². The number of hydrogen-bond acceptors (Lipinski definition) is 3. The Hall–Kier alpha value is -2.30. The standard InChI is InChI=1S/C15H19N3O2/c1-17-13(7-10-16-17)8-11-18(12-9-15(19)20)14-5-3-2-4-6-14/h2-7,10H,8-9,11-12H2,1H3,(H,19,20). The van der Waals surface area contributed by atoms with Crippen molar-refractivity contribution in [3.63, 3.8) is 0 Å². The second-order valence-corrected chi connectivity index (χ2v) is 4.66. The first kappa shape index (κ1) is 14.1. The van der Waals surface area contributed by atoms with Gasteiger partial charge in [0.15, 0.2) is 0 Å². The minimum atomic E-state index is -0.772. The molecule has 5 heteroatoms. The summed E-state index contributed by atoms with van der Waals surface area (Å²) in [4.78, 5) is 12.9. The van der Waals surface area contributed by atoms with Crippen LogP contribution in [0, 0.1) is 0 Å². The van der Waals surface area contributed by atoms with Crippen LogP contribution in [0.1, 0.15) is 12.1 Å². The Kier molecular flexibility index (Phi) is 4.76. The monoisotopic (exact) mass is 273 g/mol. The summed E-state index contributed by atoms with van der Waals surface area (Å²) in [5.41, 5.74) is 2.19. The highest BCUT2D eigenvalue weighted by molar-refractivity contribution is 5.67. The number of aliphatic carboxylic acids is 1. The van der Waals surface area contributed by atoms with Crippen LogP contribution >= 0.6 is 0 Å². The molecule has 2 aromatic rings. The molecule has 5 nitrogen and oxygen atoms in total. The minimum absolute atomic E-state index is 0.139. The van der Waals surface area contributed by atoms with Gasteiger partial charge in [-0.15, -0.1) is 0 Å². The Bertz CT molecular complexity index is 551. The van der Waals surface area contributed by atoms with Crippen LogP contribution in [0.5, 0.6) is 0 Å². The van der Waals surface area contributed by atoms with Crippen molar-refractivity contribution in [2.24, 2.45) is 7.05 Å². The molecule has 0 aliphatic carbocycles. The predicted octanol–water partition coefficient (Wildman–Crippen LogP) is 1.94. The van der Waals surface area contributed by atoms with Crippen LogP contribution in [0.4, 0.5) is 5.69 Å². The highest BCUT2D eigenvalue weighted by Crippen LogP contribution is 2.14. The Morgan fingerprint density at radius 1 is 1.25 bits per heavy atom. The number of benzene rings is 1. The molecule has 1 N–H and O–H groups in total. The minimum Gasteiger partial charge on any atom is -0.481 e. The Balaban J connectivity index is 2.03. The maximum atomic E-state index is 10.8. The summed E-state index contributed by atoms with van der Waals surface area (Å²) in [5, 5.41) is 13.0. The molecule has 0 saturated heterocycles. The lowest BCUT2D eigenvalue weighted by Gasteiger charge is -2.24. The van der Waals surface area contributed by atoms with Crippen LogP contribution < -0.4 is 4.90 Å². The van der Waals surface area contributed by atoms with E-state index in [1.165, 1.54) is 0 Å². The maximum absolute atomic E-state index is 10.8. The zero-order chi connectivity index (χ0) is 14.4. The van der Waals surface area contributed by atoms with Gasteiger partial charge in [0.05, 0.1) is 6.42 Å². The molecule has 0 amide bonds. The maximum Gasteiger partial charge on any atom is 0.305 e. The number of hydrogen-bond donors (Lipinski definition) is 1. The molecule has 0 aliphatic heterocycles. The molecule has 0 spiro atoms. The summed E-state index contributed by atoms with van der Waals surface area (Å²) < 4.78 is 1.85. The molecule has 1 aromatic carbocycles. The lowest BCUT2D eigenvalue weighted by molar-refractivity contribution is -0.136. The van der Waals surface area contributed by atoms with Gasteiger partial charge in [-0.3, -0.25) is 9.48 Å². The largest absolute Gasteiger partial charge is 0.481 e. The van der Waals surface area contributed by atoms with E-state index in [0.29, 0.717) is 6.54 Å². The van der Waals surface area contributed by atoms with E-state index in [2.05, 4.69) is 10.00 Å². The van der Waals surface area contributed by atoms with Crippen LogP contribution in [-0.4, -0.2) is 33.9 Å². The molecular formula is C15H19N3O2. The van der Waals surface area contributed by atoms with Crippen LogP contribution in [0.25, 0.3) is 0 Å². The van der Waals surface area contributed by atoms with Gasteiger partial charge in [-0.2, -0.15) is 5.10 Å². The number of aromatic nitrogens is 2. The van der Waals surface area contributed by atoms with Crippen molar-refractivity contribution in [2.45, 2.75) is 12.8 Å². The van der Waals surface area contributed by atoms with Gasteiger partial charge in [0.2, 0.25) is 0 Å². The predicted molar refractivity (Wildman–Crippen MR) is 77.8 cm³/mol. The molecule has 20 heavy (non-hydrogen) atoms. The van der Waals surface area contributed by atoms with E-state index < -0.39 is 5.97 Å². The summed E-state index contributed by atoms with van der Waals surface area (Å²) in [6.45, 7) is 1.29. The lowest BCUT2D eigenvalue weighted by Crippen LogP contribution is -2.28. The summed E-state index contributed by atoms with van der Waals surface area (Å²) in [5.74, 6) is -0.772. The Morgan fingerprint density at radius 3 is 2.60 bits per heavy atom. The van der Waals surface area contributed by atoms with Gasteiger partial charge in [-0.1, -0.05) is 18.2 Å². The number of carbonyl (C=O) groups is 1. The van der Waals surface area contributed by atoms with E-state index in [-0.39, 0.29) is 6.42 Å². The third-order valence-corrected chi connectivity index (χ3v) is 3.28. The second-order valence-electron chi connectivity index (χ2n) is 4.66. The molecule has 0 aliphatic rings. The van der Waals surface area contributed by atoms with Crippen LogP contribution in [0.3, 0.4) is 0 Å². The smallest absolute Gasteiger partial charge is 0.305 e. The van der Waals surface area contributed by atoms with Gasteiger partial charge in [-0.05, 0) is 18.2 Å². The normalized spacial score (nSPS) is 10.4. The van der Waals surface area contributed by atoms with Crippen molar-refractivity contribution in [2.75, 3.05) is 18.0 Å². The molecule has 0 bridgehead atoms. The molecule has 0 unspecified atom stereocenters. The van der Waals surface area contributed by atoms with Gasteiger partial charge in [0.25, 0.3) is 0 Å². The third-order valence-electron chi connectivity index (χ3n) is 3.28. The van der Waals surface area contributed by atoms with E-state index in [4.69, 9.17) is 5.11 Å². The first-order chi connectivity index (χ1) is 9.66. The molecule has 0 radical (unpaired) electrons. The number of para-hydroxylation sites is 1. The molecule has 2 rings (SSSR count). The van der Waals surface area contributed by atoms with Crippen molar-refractivity contribution in [3.05, 3.63) is 48.3 Å². The molecule has 0 saturated carbocycles. The second kappa shape index (κ2) is 6.75. The van der Waals surface area contributed by atoms with Crippen molar-refractivity contribution in [3.8, 4) is 0 Å². The fourth-order valence-corrected chi connectivity index (χ4v) is 2.14. The molecule has 1 heterocycles. The van der Waals surface area contributed by atoms with Crippen molar-refractivity contribution < 1.29 is 9.90 Å². The van der Waals surface area contributed by atoms with Crippen molar-refractivity contribution in [1.82, 2.24) is 9.78 Å². The zero-order valence-electron chi connectivity index (χ0n) is 11.6. The number of anilines is 1. The average Bonchev–Trinajstić information content (AvgIpc) is 2.85. The molecule has 106 valence electrons. The van der Waals surface area contributed by atoms with Crippen LogP contribution in [0.15, 0.2) is 42.6 Å². The Morgan fingerprint density at radius 2 is 2.00 bits per heavy atom. The average molecular weight is 273 g/mol. The highest BCUT2D eigenvalue weighted by Gasteiger charge is 2.09. The third kappa shape index (κ3) is 3.85. The van der Waals surface area contributed by atoms with Gasteiger partial charge in [-0.25, -0.2) is 0 Å². The number of carboxylic acids is 1. The molecular weight excluding hydrogens is 254 g/mol. The fraction of sp³-hybridized carbons (Fsp3) is 0.333. The zero-order valence-corrected chi connectivity index (χ0v) is 11.6. The summed E-state index contributed by atoms with van der Waals surface area (Å²) >= 11 is 0. The molecule has 1 aromatic heterocycles.